The summed E-state index contributed by atoms with van der Waals surface area (Å²) < 4.78 is 1.52. The van der Waals surface area contributed by atoms with Gasteiger partial charge in [0.1, 0.15) is 5.15 Å². The van der Waals surface area contributed by atoms with Gasteiger partial charge in [-0.2, -0.15) is 5.21 Å². The Morgan fingerprint density at radius 3 is 2.64 bits per heavy atom. The SMILES string of the molecule is O=c1[nH]c(Cl)cn1Cc1ccc(-c2ccncc2-c2nn[nH]n2)cc1. The Bertz CT molecular complexity index is 1050. The molecule has 4 aromatic rings. The molecule has 0 amide bonds. The fourth-order valence-corrected chi connectivity index (χ4v) is 2.80. The number of rotatable bonds is 4. The summed E-state index contributed by atoms with van der Waals surface area (Å²) in [6, 6.07) is 9.78. The highest BCUT2D eigenvalue weighted by Crippen LogP contribution is 2.28. The minimum atomic E-state index is -0.234. The van der Waals surface area contributed by atoms with Crippen molar-refractivity contribution in [3.63, 3.8) is 0 Å². The van der Waals surface area contributed by atoms with Crippen molar-refractivity contribution in [2.75, 3.05) is 0 Å². The van der Waals surface area contributed by atoms with Crippen LogP contribution in [0.4, 0.5) is 0 Å². The van der Waals surface area contributed by atoms with E-state index >= 15 is 0 Å². The number of aromatic amines is 2. The van der Waals surface area contributed by atoms with E-state index in [4.69, 9.17) is 11.6 Å². The quantitative estimate of drug-likeness (QED) is 0.584. The molecule has 0 radical (unpaired) electrons. The van der Waals surface area contributed by atoms with Crippen molar-refractivity contribution in [1.82, 2.24) is 35.2 Å². The molecular formula is C16H12ClN7O. The lowest BCUT2D eigenvalue weighted by Gasteiger charge is -2.08. The molecule has 2 N–H and O–H groups in total. The second kappa shape index (κ2) is 6.33. The van der Waals surface area contributed by atoms with Crippen molar-refractivity contribution in [3.8, 4) is 22.5 Å². The van der Waals surface area contributed by atoms with Gasteiger partial charge in [-0.15, -0.1) is 10.2 Å². The van der Waals surface area contributed by atoms with Crippen LogP contribution < -0.4 is 5.69 Å². The minimum absolute atomic E-state index is 0.234. The number of halogens is 1. The van der Waals surface area contributed by atoms with Crippen LogP contribution in [-0.4, -0.2) is 35.2 Å². The number of hydrogen-bond acceptors (Lipinski definition) is 5. The van der Waals surface area contributed by atoms with E-state index in [0.717, 1.165) is 22.3 Å². The summed E-state index contributed by atoms with van der Waals surface area (Å²) in [4.78, 5) is 18.4. The minimum Gasteiger partial charge on any atom is -0.297 e. The maximum absolute atomic E-state index is 11.7. The van der Waals surface area contributed by atoms with E-state index in [1.165, 1.54) is 4.57 Å². The molecule has 0 bridgehead atoms. The van der Waals surface area contributed by atoms with Crippen molar-refractivity contribution < 1.29 is 0 Å². The van der Waals surface area contributed by atoms with Gasteiger partial charge in [0, 0.05) is 24.2 Å². The highest BCUT2D eigenvalue weighted by atomic mass is 35.5. The molecule has 0 unspecified atom stereocenters. The molecule has 9 heteroatoms. The normalized spacial score (nSPS) is 10.9. The topological polar surface area (TPSA) is 105 Å². The number of nitrogens with zero attached hydrogens (tertiary/aromatic N) is 5. The molecule has 124 valence electrons. The second-order valence-corrected chi connectivity index (χ2v) is 5.80. The number of tetrazole rings is 1. The van der Waals surface area contributed by atoms with E-state index in [0.29, 0.717) is 17.5 Å². The molecular weight excluding hydrogens is 342 g/mol. The molecule has 0 spiro atoms. The highest BCUT2D eigenvalue weighted by molar-refractivity contribution is 6.29. The maximum atomic E-state index is 11.7. The first-order valence-electron chi connectivity index (χ1n) is 7.43. The number of benzene rings is 1. The van der Waals surface area contributed by atoms with E-state index in [2.05, 4.69) is 30.6 Å². The molecule has 0 saturated carbocycles. The van der Waals surface area contributed by atoms with Gasteiger partial charge < -0.3 is 0 Å². The molecule has 3 heterocycles. The molecule has 0 atom stereocenters. The summed E-state index contributed by atoms with van der Waals surface area (Å²) in [5, 5.41) is 14.4. The molecule has 0 aliphatic carbocycles. The van der Waals surface area contributed by atoms with Crippen molar-refractivity contribution >= 4 is 11.6 Å². The van der Waals surface area contributed by atoms with Crippen LogP contribution in [0.2, 0.25) is 5.15 Å². The Kier molecular flexibility index (Phi) is 3.87. The summed E-state index contributed by atoms with van der Waals surface area (Å²) in [5.41, 5.74) is 3.48. The van der Waals surface area contributed by atoms with Crippen molar-refractivity contribution in [1.29, 1.82) is 0 Å². The van der Waals surface area contributed by atoms with Crippen LogP contribution in [-0.2, 0) is 6.54 Å². The number of nitrogens with one attached hydrogen (secondary N) is 2. The summed E-state index contributed by atoms with van der Waals surface area (Å²) >= 11 is 5.80. The Labute approximate surface area is 146 Å². The van der Waals surface area contributed by atoms with Gasteiger partial charge in [-0.1, -0.05) is 35.9 Å². The van der Waals surface area contributed by atoms with Gasteiger partial charge in [-0.25, -0.2) is 4.79 Å². The lowest BCUT2D eigenvalue weighted by atomic mass is 10.00. The number of hydrogen-bond donors (Lipinski definition) is 2. The maximum Gasteiger partial charge on any atom is 0.326 e. The molecule has 8 nitrogen and oxygen atoms in total. The van der Waals surface area contributed by atoms with Gasteiger partial charge in [0.05, 0.1) is 6.54 Å². The predicted molar refractivity (Wildman–Crippen MR) is 92.0 cm³/mol. The molecule has 25 heavy (non-hydrogen) atoms. The van der Waals surface area contributed by atoms with Crippen molar-refractivity contribution in [2.24, 2.45) is 0 Å². The van der Waals surface area contributed by atoms with Crippen LogP contribution in [0.5, 0.6) is 0 Å². The van der Waals surface area contributed by atoms with Crippen LogP contribution in [0.3, 0.4) is 0 Å². The third kappa shape index (κ3) is 3.07. The fraction of sp³-hybridized carbons (Fsp3) is 0.0625. The van der Waals surface area contributed by atoms with Crippen LogP contribution in [0.25, 0.3) is 22.5 Å². The Hall–Kier alpha value is -3.26. The van der Waals surface area contributed by atoms with Gasteiger partial charge in [0.15, 0.2) is 0 Å². The molecule has 0 saturated heterocycles. The predicted octanol–water partition coefficient (Wildman–Crippen LogP) is 2.12. The van der Waals surface area contributed by atoms with Crippen LogP contribution in [0, 0.1) is 0 Å². The second-order valence-electron chi connectivity index (χ2n) is 5.39. The molecule has 4 rings (SSSR count). The zero-order chi connectivity index (χ0) is 17.2. The summed E-state index contributed by atoms with van der Waals surface area (Å²) in [6.45, 7) is 0.441. The number of aromatic nitrogens is 7. The van der Waals surface area contributed by atoms with E-state index in [-0.39, 0.29) is 5.69 Å². The Morgan fingerprint density at radius 1 is 1.12 bits per heavy atom. The molecule has 0 fully saturated rings. The van der Waals surface area contributed by atoms with Gasteiger partial charge in [0.25, 0.3) is 0 Å². The standard InChI is InChI=1S/C16H12ClN7O/c17-14-9-24(16(25)19-14)8-10-1-3-11(4-2-10)12-5-6-18-7-13(12)15-20-22-23-21-15/h1-7,9H,8H2,(H,19,25)(H,20,21,22,23). The van der Waals surface area contributed by atoms with Gasteiger partial charge in [-0.05, 0) is 28.0 Å². The zero-order valence-corrected chi connectivity index (χ0v) is 13.6. The monoisotopic (exact) mass is 353 g/mol. The van der Waals surface area contributed by atoms with Gasteiger partial charge in [-0.3, -0.25) is 14.5 Å². The van der Waals surface area contributed by atoms with E-state index < -0.39 is 0 Å². The number of pyridine rings is 1. The van der Waals surface area contributed by atoms with Crippen LogP contribution >= 0.6 is 11.6 Å². The lowest BCUT2D eigenvalue weighted by Crippen LogP contribution is -2.16. The first kappa shape index (κ1) is 15.3. The zero-order valence-electron chi connectivity index (χ0n) is 12.8. The average molecular weight is 354 g/mol. The molecule has 0 aliphatic rings. The summed E-state index contributed by atoms with van der Waals surface area (Å²) in [5.74, 6) is 0.487. The first-order chi connectivity index (χ1) is 12.2. The van der Waals surface area contributed by atoms with Crippen molar-refractivity contribution in [2.45, 2.75) is 6.54 Å². The Morgan fingerprint density at radius 2 is 1.96 bits per heavy atom. The number of H-pyrrole nitrogens is 2. The highest BCUT2D eigenvalue weighted by Gasteiger charge is 2.11. The Balaban J connectivity index is 1.65. The van der Waals surface area contributed by atoms with Gasteiger partial charge in [0.2, 0.25) is 5.82 Å². The van der Waals surface area contributed by atoms with E-state index in [9.17, 15) is 4.79 Å². The van der Waals surface area contributed by atoms with Crippen molar-refractivity contribution in [3.05, 3.63) is 70.1 Å². The summed E-state index contributed by atoms with van der Waals surface area (Å²) in [6.07, 6.45) is 5.00. The van der Waals surface area contributed by atoms with Gasteiger partial charge >= 0.3 is 5.69 Å². The van der Waals surface area contributed by atoms with E-state index in [1.807, 2.05) is 30.3 Å². The fourth-order valence-electron chi connectivity index (χ4n) is 2.61. The number of imidazole rings is 1. The lowest BCUT2D eigenvalue weighted by molar-refractivity contribution is 0.762. The molecule has 3 aromatic heterocycles. The van der Waals surface area contributed by atoms with E-state index in [1.54, 1.807) is 18.6 Å². The smallest absolute Gasteiger partial charge is 0.297 e. The third-order valence-electron chi connectivity index (χ3n) is 3.78. The first-order valence-corrected chi connectivity index (χ1v) is 7.80. The largest absolute Gasteiger partial charge is 0.326 e. The summed E-state index contributed by atoms with van der Waals surface area (Å²) in [7, 11) is 0. The van der Waals surface area contributed by atoms with Crippen LogP contribution in [0.1, 0.15) is 5.56 Å². The van der Waals surface area contributed by atoms with Crippen LogP contribution in [0.15, 0.2) is 53.7 Å². The third-order valence-corrected chi connectivity index (χ3v) is 3.97. The molecule has 1 aromatic carbocycles. The average Bonchev–Trinajstić information content (AvgIpc) is 3.26. The molecule has 0 aliphatic heterocycles.